The number of nitrogens with one attached hydrogen (secondary N) is 2. The highest BCUT2D eigenvalue weighted by atomic mass is 16.5. The average Bonchev–Trinajstić information content (AvgIpc) is 3.28. The molecule has 2 aromatic heterocycles. The van der Waals surface area contributed by atoms with E-state index in [2.05, 4.69) is 46.1 Å². The quantitative estimate of drug-likeness (QED) is 0.713. The molecule has 0 saturated carbocycles. The zero-order valence-corrected chi connectivity index (χ0v) is 16.3. The third kappa shape index (κ3) is 3.17. The first-order chi connectivity index (χ1) is 14.3. The molecule has 2 fully saturated rings. The third-order valence-electron chi connectivity index (χ3n) is 6.44. The molecule has 0 amide bonds. The highest BCUT2D eigenvalue weighted by Crippen LogP contribution is 2.38. The van der Waals surface area contributed by atoms with E-state index < -0.39 is 0 Å². The number of benzene rings is 1. The van der Waals surface area contributed by atoms with Crippen LogP contribution in [0.2, 0.25) is 0 Å². The predicted molar refractivity (Wildman–Crippen MR) is 112 cm³/mol. The van der Waals surface area contributed by atoms with Crippen LogP contribution in [0.25, 0.3) is 16.8 Å². The van der Waals surface area contributed by atoms with Crippen LogP contribution in [-0.4, -0.2) is 32.9 Å². The molecule has 6 nitrogen and oxygen atoms in total. The van der Waals surface area contributed by atoms with Crippen molar-refractivity contribution in [3.05, 3.63) is 54.4 Å². The Morgan fingerprint density at radius 3 is 2.76 bits per heavy atom. The van der Waals surface area contributed by atoms with E-state index in [1.54, 1.807) is 6.20 Å². The highest BCUT2D eigenvalue weighted by Gasteiger charge is 2.31. The number of nitrogens with zero attached hydrogens (tertiary/aromatic N) is 3. The number of ether oxygens (including phenoxy) is 1. The molecular weight excluding hydrogens is 362 g/mol. The number of fused-ring (bicyclic) bond motifs is 5. The molecule has 3 atom stereocenters. The smallest absolute Gasteiger partial charge is 0.223 e. The van der Waals surface area contributed by atoms with E-state index in [1.807, 2.05) is 16.9 Å². The first-order valence-corrected chi connectivity index (χ1v) is 10.6. The standard InChI is InChI=1S/C23H25N5O/c1-3-16-12-18(13-17(4-1)25-16)26-22-8-7-21-20-6-5-19(28-10-2-9-24-28)11-15(20)14-29-23(21)27-22/h2,5-11,16-18,25H,1,3-4,12-14H2,(H,26,27)/t16-,17?,18-/m1/s1. The molecule has 0 aliphatic carbocycles. The molecule has 6 rings (SSSR count). The van der Waals surface area contributed by atoms with Crippen molar-refractivity contribution >= 4 is 5.82 Å². The van der Waals surface area contributed by atoms with Crippen LogP contribution in [0.4, 0.5) is 5.82 Å². The summed E-state index contributed by atoms with van der Waals surface area (Å²) in [6, 6.07) is 14.4. The minimum absolute atomic E-state index is 0.490. The molecule has 1 aromatic carbocycles. The summed E-state index contributed by atoms with van der Waals surface area (Å²) in [5.41, 5.74) is 4.46. The van der Waals surface area contributed by atoms with Gasteiger partial charge in [-0.3, -0.25) is 0 Å². The van der Waals surface area contributed by atoms with Crippen molar-refractivity contribution in [1.82, 2.24) is 20.1 Å². The lowest BCUT2D eigenvalue weighted by Gasteiger charge is -2.40. The largest absolute Gasteiger partial charge is 0.472 e. The van der Waals surface area contributed by atoms with Crippen molar-refractivity contribution in [2.45, 2.75) is 56.8 Å². The normalized spacial score (nSPS) is 24.9. The van der Waals surface area contributed by atoms with E-state index in [0.717, 1.165) is 22.9 Å². The summed E-state index contributed by atoms with van der Waals surface area (Å²) >= 11 is 0. The summed E-state index contributed by atoms with van der Waals surface area (Å²) in [4.78, 5) is 4.80. The van der Waals surface area contributed by atoms with E-state index in [1.165, 1.54) is 43.2 Å². The van der Waals surface area contributed by atoms with Crippen molar-refractivity contribution in [2.24, 2.45) is 0 Å². The Labute approximate surface area is 170 Å². The van der Waals surface area contributed by atoms with Gasteiger partial charge in [-0.25, -0.2) is 4.68 Å². The number of hydrogen-bond donors (Lipinski definition) is 2. The zero-order valence-electron chi connectivity index (χ0n) is 16.3. The zero-order chi connectivity index (χ0) is 19.2. The Morgan fingerprint density at radius 1 is 1.07 bits per heavy atom. The van der Waals surface area contributed by atoms with Crippen LogP contribution < -0.4 is 15.4 Å². The maximum absolute atomic E-state index is 6.03. The Hall–Kier alpha value is -2.86. The SMILES string of the molecule is c1cnn(-c2ccc3c(c2)COc2nc(N[C@H]4CC5CCC[C@H](C4)N5)ccc2-3)c1. The maximum atomic E-state index is 6.03. The second-order valence-corrected chi connectivity index (χ2v) is 8.43. The van der Waals surface area contributed by atoms with Crippen molar-refractivity contribution in [3.63, 3.8) is 0 Å². The topological polar surface area (TPSA) is 64.0 Å². The lowest BCUT2D eigenvalue weighted by Crippen LogP contribution is -2.52. The molecule has 0 spiro atoms. The van der Waals surface area contributed by atoms with Crippen LogP contribution >= 0.6 is 0 Å². The fourth-order valence-electron chi connectivity index (χ4n) is 5.10. The van der Waals surface area contributed by atoms with Gasteiger partial charge >= 0.3 is 0 Å². The molecule has 3 aliphatic rings. The summed E-state index contributed by atoms with van der Waals surface area (Å²) in [6.45, 7) is 0.533. The maximum Gasteiger partial charge on any atom is 0.223 e. The van der Waals surface area contributed by atoms with Crippen molar-refractivity contribution in [3.8, 4) is 22.7 Å². The van der Waals surface area contributed by atoms with Crippen LogP contribution in [0.3, 0.4) is 0 Å². The Morgan fingerprint density at radius 2 is 1.93 bits per heavy atom. The fraction of sp³-hybridized carbons (Fsp3) is 0.391. The van der Waals surface area contributed by atoms with Gasteiger partial charge in [-0.1, -0.05) is 12.5 Å². The third-order valence-corrected chi connectivity index (χ3v) is 6.44. The molecule has 29 heavy (non-hydrogen) atoms. The molecule has 2 bridgehead atoms. The highest BCUT2D eigenvalue weighted by molar-refractivity contribution is 5.75. The minimum atomic E-state index is 0.490. The van der Waals surface area contributed by atoms with E-state index in [-0.39, 0.29) is 0 Å². The molecule has 2 N–H and O–H groups in total. The lowest BCUT2D eigenvalue weighted by molar-refractivity contribution is 0.230. The second kappa shape index (κ2) is 6.88. The second-order valence-electron chi connectivity index (χ2n) is 8.43. The summed E-state index contributed by atoms with van der Waals surface area (Å²) in [6.07, 6.45) is 10.1. The van der Waals surface area contributed by atoms with Crippen molar-refractivity contribution in [2.75, 3.05) is 5.32 Å². The summed E-state index contributed by atoms with van der Waals surface area (Å²) < 4.78 is 7.90. The summed E-state index contributed by atoms with van der Waals surface area (Å²) in [5.74, 6) is 1.65. The predicted octanol–water partition coefficient (Wildman–Crippen LogP) is 3.91. The van der Waals surface area contributed by atoms with E-state index in [0.29, 0.717) is 24.7 Å². The number of anilines is 1. The van der Waals surface area contributed by atoms with Gasteiger partial charge in [0, 0.05) is 36.1 Å². The van der Waals surface area contributed by atoms with E-state index in [4.69, 9.17) is 9.72 Å². The van der Waals surface area contributed by atoms with Gasteiger partial charge in [-0.05, 0) is 67.1 Å². The Bertz CT molecular complexity index is 1020. The van der Waals surface area contributed by atoms with Crippen LogP contribution in [0.5, 0.6) is 5.88 Å². The lowest BCUT2D eigenvalue weighted by atomic mass is 9.84. The van der Waals surface area contributed by atoms with Gasteiger partial charge in [-0.2, -0.15) is 10.1 Å². The molecule has 3 aromatic rings. The van der Waals surface area contributed by atoms with Gasteiger partial charge < -0.3 is 15.4 Å². The summed E-state index contributed by atoms with van der Waals surface area (Å²) in [7, 11) is 0. The van der Waals surface area contributed by atoms with Gasteiger partial charge in [0.25, 0.3) is 0 Å². The van der Waals surface area contributed by atoms with Crippen molar-refractivity contribution in [1.29, 1.82) is 0 Å². The first-order valence-electron chi connectivity index (χ1n) is 10.6. The van der Waals surface area contributed by atoms with Gasteiger partial charge in [0.15, 0.2) is 0 Å². The Balaban J connectivity index is 1.24. The number of piperidine rings is 2. The summed E-state index contributed by atoms with van der Waals surface area (Å²) in [5, 5.41) is 11.7. The van der Waals surface area contributed by atoms with Gasteiger partial charge in [0.05, 0.1) is 5.69 Å². The van der Waals surface area contributed by atoms with Gasteiger partial charge in [0.2, 0.25) is 5.88 Å². The van der Waals surface area contributed by atoms with Crippen molar-refractivity contribution < 1.29 is 4.74 Å². The minimum Gasteiger partial charge on any atom is -0.472 e. The van der Waals surface area contributed by atoms with Crippen LogP contribution in [-0.2, 0) is 6.61 Å². The first kappa shape index (κ1) is 17.0. The number of pyridine rings is 1. The van der Waals surface area contributed by atoms with Gasteiger partial charge in [0.1, 0.15) is 12.4 Å². The molecule has 2 saturated heterocycles. The molecule has 6 heteroatoms. The number of rotatable bonds is 3. The molecular formula is C23H25N5O. The van der Waals surface area contributed by atoms with E-state index >= 15 is 0 Å². The molecule has 148 valence electrons. The molecule has 3 aliphatic heterocycles. The monoisotopic (exact) mass is 387 g/mol. The number of hydrogen-bond acceptors (Lipinski definition) is 5. The van der Waals surface area contributed by atoms with Crippen LogP contribution in [0.15, 0.2) is 48.8 Å². The molecule has 5 heterocycles. The van der Waals surface area contributed by atoms with Crippen LogP contribution in [0, 0.1) is 0 Å². The van der Waals surface area contributed by atoms with Crippen LogP contribution in [0.1, 0.15) is 37.7 Å². The molecule has 0 radical (unpaired) electrons. The number of aromatic nitrogens is 3. The Kier molecular flexibility index (Phi) is 4.04. The van der Waals surface area contributed by atoms with E-state index in [9.17, 15) is 0 Å². The molecule has 1 unspecified atom stereocenters. The van der Waals surface area contributed by atoms with Gasteiger partial charge in [-0.15, -0.1) is 0 Å². The average molecular weight is 387 g/mol. The fourth-order valence-corrected chi connectivity index (χ4v) is 5.10.